The summed E-state index contributed by atoms with van der Waals surface area (Å²) in [6, 6.07) is 7.48. The zero-order chi connectivity index (χ0) is 15.3. The van der Waals surface area contributed by atoms with Gasteiger partial charge in [0, 0.05) is 25.5 Å². The summed E-state index contributed by atoms with van der Waals surface area (Å²) in [7, 11) is -3.87. The number of hydrogen-bond donors (Lipinski definition) is 2. The fraction of sp³-hybridized carbons (Fsp3) is 0.214. The summed E-state index contributed by atoms with van der Waals surface area (Å²) in [6.07, 6.45) is 3.78. The molecule has 3 N–H and O–H groups in total. The maximum absolute atomic E-state index is 13.8. The van der Waals surface area contributed by atoms with E-state index >= 15 is 0 Å². The van der Waals surface area contributed by atoms with Crippen LogP contribution in [0.4, 0.5) is 4.39 Å². The summed E-state index contributed by atoms with van der Waals surface area (Å²) in [5.74, 6) is -0.799. The molecule has 0 saturated carbocycles. The number of sulfonamides is 1. The lowest BCUT2D eigenvalue weighted by molar-refractivity contribution is 0.556. The van der Waals surface area contributed by atoms with E-state index in [2.05, 4.69) is 9.71 Å². The third-order valence-corrected chi connectivity index (χ3v) is 4.44. The first-order chi connectivity index (χ1) is 10.0. The molecule has 0 spiro atoms. The maximum atomic E-state index is 13.8. The highest BCUT2D eigenvalue weighted by molar-refractivity contribution is 7.89. The van der Waals surface area contributed by atoms with Crippen molar-refractivity contribution in [3.8, 4) is 0 Å². The average Bonchev–Trinajstić information content (AvgIpc) is 2.47. The number of halogens is 1. The first-order valence-electron chi connectivity index (χ1n) is 6.40. The highest BCUT2D eigenvalue weighted by Crippen LogP contribution is 2.15. The van der Waals surface area contributed by atoms with E-state index in [1.807, 2.05) is 6.07 Å². The molecule has 0 aliphatic rings. The van der Waals surface area contributed by atoms with E-state index in [4.69, 9.17) is 5.73 Å². The monoisotopic (exact) mass is 309 g/mol. The molecule has 2 rings (SSSR count). The van der Waals surface area contributed by atoms with Gasteiger partial charge in [-0.25, -0.2) is 17.5 Å². The summed E-state index contributed by atoms with van der Waals surface area (Å²) in [5.41, 5.74) is 6.83. The minimum atomic E-state index is -3.87. The van der Waals surface area contributed by atoms with Crippen LogP contribution in [0, 0.1) is 5.82 Å². The highest BCUT2D eigenvalue weighted by Gasteiger charge is 2.18. The summed E-state index contributed by atoms with van der Waals surface area (Å²) in [5, 5.41) is 0. The molecule has 21 heavy (non-hydrogen) atoms. The Hall–Kier alpha value is -1.83. The fourth-order valence-corrected chi connectivity index (χ4v) is 2.93. The first kappa shape index (κ1) is 15.6. The Labute approximate surface area is 123 Å². The van der Waals surface area contributed by atoms with E-state index in [0.717, 1.165) is 11.6 Å². The van der Waals surface area contributed by atoms with Gasteiger partial charge in [0.15, 0.2) is 0 Å². The van der Waals surface area contributed by atoms with Gasteiger partial charge in [0.1, 0.15) is 10.7 Å². The van der Waals surface area contributed by atoms with E-state index < -0.39 is 15.8 Å². The lowest BCUT2D eigenvalue weighted by atomic mass is 10.2. The van der Waals surface area contributed by atoms with Gasteiger partial charge < -0.3 is 5.73 Å². The van der Waals surface area contributed by atoms with Crippen LogP contribution in [0.1, 0.15) is 11.1 Å². The largest absolute Gasteiger partial charge is 0.326 e. The lowest BCUT2D eigenvalue weighted by Crippen LogP contribution is -2.27. The Balaban J connectivity index is 2.05. The standard InChI is InChI=1S/C14H16FN3O2S/c15-13-8-12(9-16)3-4-14(13)21(19,20)18-7-5-11-2-1-6-17-10-11/h1-4,6,8,10,18H,5,7,9,16H2. The van der Waals surface area contributed by atoms with Crippen LogP contribution >= 0.6 is 0 Å². The summed E-state index contributed by atoms with van der Waals surface area (Å²) < 4.78 is 40.3. The van der Waals surface area contributed by atoms with Gasteiger partial charge in [-0.3, -0.25) is 4.98 Å². The molecule has 0 saturated heterocycles. The number of rotatable bonds is 6. The molecule has 7 heteroatoms. The normalized spacial score (nSPS) is 11.5. The van der Waals surface area contributed by atoms with Crippen molar-refractivity contribution >= 4 is 10.0 Å². The maximum Gasteiger partial charge on any atom is 0.243 e. The highest BCUT2D eigenvalue weighted by atomic mass is 32.2. The Morgan fingerprint density at radius 3 is 2.67 bits per heavy atom. The Kier molecular flexibility index (Phi) is 5.00. The van der Waals surface area contributed by atoms with Crippen molar-refractivity contribution in [2.24, 2.45) is 5.73 Å². The molecule has 0 fully saturated rings. The van der Waals surface area contributed by atoms with Crippen LogP contribution in [0.5, 0.6) is 0 Å². The van der Waals surface area contributed by atoms with Gasteiger partial charge in [0.05, 0.1) is 0 Å². The van der Waals surface area contributed by atoms with Gasteiger partial charge in [0.25, 0.3) is 0 Å². The van der Waals surface area contributed by atoms with E-state index in [-0.39, 0.29) is 18.0 Å². The molecule has 5 nitrogen and oxygen atoms in total. The molecule has 112 valence electrons. The number of benzene rings is 1. The molecule has 0 unspecified atom stereocenters. The van der Waals surface area contributed by atoms with Crippen LogP contribution in [-0.2, 0) is 23.0 Å². The predicted molar refractivity (Wildman–Crippen MR) is 77.4 cm³/mol. The van der Waals surface area contributed by atoms with Crippen molar-refractivity contribution in [1.82, 2.24) is 9.71 Å². The van der Waals surface area contributed by atoms with E-state index in [1.54, 1.807) is 18.5 Å². The predicted octanol–water partition coefficient (Wildman–Crippen LogP) is 1.20. The van der Waals surface area contributed by atoms with Crippen molar-refractivity contribution in [2.45, 2.75) is 17.9 Å². The van der Waals surface area contributed by atoms with Crippen molar-refractivity contribution in [3.63, 3.8) is 0 Å². The number of nitrogens with zero attached hydrogens (tertiary/aromatic N) is 1. The molecule has 0 radical (unpaired) electrons. The van der Waals surface area contributed by atoms with Crippen LogP contribution in [0.3, 0.4) is 0 Å². The van der Waals surface area contributed by atoms with Gasteiger partial charge in [0.2, 0.25) is 10.0 Å². The van der Waals surface area contributed by atoms with Crippen molar-refractivity contribution < 1.29 is 12.8 Å². The van der Waals surface area contributed by atoms with Crippen LogP contribution < -0.4 is 10.5 Å². The SMILES string of the molecule is NCc1ccc(S(=O)(=O)NCCc2cccnc2)c(F)c1. The molecule has 0 aliphatic heterocycles. The smallest absolute Gasteiger partial charge is 0.243 e. The lowest BCUT2D eigenvalue weighted by Gasteiger charge is -2.08. The minimum Gasteiger partial charge on any atom is -0.326 e. The van der Waals surface area contributed by atoms with Crippen molar-refractivity contribution in [3.05, 3.63) is 59.7 Å². The molecular formula is C14H16FN3O2S. The van der Waals surface area contributed by atoms with E-state index in [9.17, 15) is 12.8 Å². The van der Waals surface area contributed by atoms with Crippen molar-refractivity contribution in [2.75, 3.05) is 6.54 Å². The van der Waals surface area contributed by atoms with Gasteiger partial charge in [-0.1, -0.05) is 12.1 Å². The molecule has 0 bridgehead atoms. The molecular weight excluding hydrogens is 293 g/mol. The van der Waals surface area contributed by atoms with Crippen molar-refractivity contribution in [1.29, 1.82) is 0 Å². The number of nitrogens with one attached hydrogen (secondary N) is 1. The van der Waals surface area contributed by atoms with E-state index in [0.29, 0.717) is 12.0 Å². The summed E-state index contributed by atoms with van der Waals surface area (Å²) in [4.78, 5) is 3.57. The number of aromatic nitrogens is 1. The topological polar surface area (TPSA) is 85.1 Å². The zero-order valence-corrected chi connectivity index (χ0v) is 12.1. The molecule has 1 aromatic carbocycles. The third kappa shape index (κ3) is 4.07. The third-order valence-electron chi connectivity index (χ3n) is 2.95. The first-order valence-corrected chi connectivity index (χ1v) is 7.88. The second-order valence-corrected chi connectivity index (χ2v) is 6.21. The number of hydrogen-bond acceptors (Lipinski definition) is 4. The summed E-state index contributed by atoms with van der Waals surface area (Å²) >= 11 is 0. The fourth-order valence-electron chi connectivity index (χ4n) is 1.84. The van der Waals surface area contributed by atoms with Gasteiger partial charge >= 0.3 is 0 Å². The molecule has 1 heterocycles. The van der Waals surface area contributed by atoms with Gasteiger partial charge in [-0.05, 0) is 35.7 Å². The molecule has 0 atom stereocenters. The molecule has 0 aliphatic carbocycles. The zero-order valence-electron chi connectivity index (χ0n) is 11.3. The number of nitrogens with two attached hydrogens (primary N) is 1. The number of pyridine rings is 1. The van der Waals surface area contributed by atoms with Crippen LogP contribution in [0.15, 0.2) is 47.6 Å². The minimum absolute atomic E-state index is 0.158. The Morgan fingerprint density at radius 2 is 2.05 bits per heavy atom. The molecule has 1 aromatic heterocycles. The molecule has 0 amide bonds. The van der Waals surface area contributed by atoms with E-state index in [1.165, 1.54) is 12.1 Å². The Morgan fingerprint density at radius 1 is 1.24 bits per heavy atom. The second-order valence-electron chi connectivity index (χ2n) is 4.48. The second kappa shape index (κ2) is 6.75. The van der Waals surface area contributed by atoms with Gasteiger partial charge in [-0.2, -0.15) is 0 Å². The molecule has 2 aromatic rings. The Bertz CT molecular complexity index is 705. The summed E-state index contributed by atoms with van der Waals surface area (Å²) in [6.45, 7) is 0.331. The quantitative estimate of drug-likeness (QED) is 0.839. The van der Waals surface area contributed by atoms with Gasteiger partial charge in [-0.15, -0.1) is 0 Å². The average molecular weight is 309 g/mol. The van der Waals surface area contributed by atoms with Crippen LogP contribution in [0.25, 0.3) is 0 Å². The van der Waals surface area contributed by atoms with Crippen LogP contribution in [-0.4, -0.2) is 19.9 Å². The van der Waals surface area contributed by atoms with Crippen LogP contribution in [0.2, 0.25) is 0 Å².